The number of nitrogens with one attached hydrogen (secondary N) is 1. The number of ether oxygens (including phenoxy) is 1. The maximum atomic E-state index is 10.4. The van der Waals surface area contributed by atoms with Gasteiger partial charge in [0.05, 0.1) is 11.7 Å². The van der Waals surface area contributed by atoms with Gasteiger partial charge in [0.15, 0.2) is 0 Å². The number of rotatable bonds is 6. The van der Waals surface area contributed by atoms with Gasteiger partial charge in [0.1, 0.15) is 18.2 Å². The van der Waals surface area contributed by atoms with Crippen molar-refractivity contribution in [3.8, 4) is 5.75 Å². The molecule has 0 spiro atoms. The van der Waals surface area contributed by atoms with Gasteiger partial charge in [-0.2, -0.15) is 5.10 Å². The first-order chi connectivity index (χ1) is 10.1. The molecule has 0 aliphatic rings. The molecule has 0 fully saturated rings. The maximum absolute atomic E-state index is 10.4. The van der Waals surface area contributed by atoms with Crippen molar-refractivity contribution in [2.75, 3.05) is 12.0 Å². The molecule has 0 saturated heterocycles. The van der Waals surface area contributed by atoms with Crippen LogP contribution < -0.4 is 15.3 Å². The molecule has 21 heavy (non-hydrogen) atoms. The van der Waals surface area contributed by atoms with Gasteiger partial charge >= 0.3 is 0 Å². The summed E-state index contributed by atoms with van der Waals surface area (Å²) in [6, 6.07) is 12.5. The van der Waals surface area contributed by atoms with Crippen LogP contribution >= 0.6 is 0 Å². The molecule has 1 heterocycles. The molecular weight excluding hydrogens is 270 g/mol. The van der Waals surface area contributed by atoms with Gasteiger partial charge in [-0.15, -0.1) is 0 Å². The van der Waals surface area contributed by atoms with Crippen LogP contribution in [0, 0.1) is 0 Å². The Bertz CT molecular complexity index is 642. The van der Waals surface area contributed by atoms with Gasteiger partial charge in [-0.05, 0) is 31.2 Å². The second kappa shape index (κ2) is 7.04. The van der Waals surface area contributed by atoms with E-state index in [0.717, 1.165) is 11.3 Å². The first-order valence-corrected chi connectivity index (χ1v) is 6.29. The van der Waals surface area contributed by atoms with E-state index in [0.29, 0.717) is 11.6 Å². The standard InChI is InChI=1S/C15H15N3O3/c1-11(17-18-14-7-2-3-8-16-14)12-5-4-6-13(9-12)21-10-15(19)20/h2-9H,10H2,1H3,(H,16,18)(H,19,20)/p-1/b17-11-. The van der Waals surface area contributed by atoms with Crippen LogP contribution in [-0.4, -0.2) is 23.3 Å². The Balaban J connectivity index is 2.06. The maximum Gasteiger partial charge on any atom is 0.146 e. The number of aromatic nitrogens is 1. The predicted molar refractivity (Wildman–Crippen MR) is 77.0 cm³/mol. The minimum Gasteiger partial charge on any atom is -0.546 e. The summed E-state index contributed by atoms with van der Waals surface area (Å²) in [5, 5.41) is 14.6. The van der Waals surface area contributed by atoms with Gasteiger partial charge in [-0.3, -0.25) is 5.43 Å². The third kappa shape index (κ3) is 4.61. The second-order valence-electron chi connectivity index (χ2n) is 4.21. The van der Waals surface area contributed by atoms with Crippen molar-refractivity contribution >= 4 is 17.5 Å². The van der Waals surface area contributed by atoms with Crippen LogP contribution in [0.1, 0.15) is 12.5 Å². The van der Waals surface area contributed by atoms with Crippen LogP contribution in [-0.2, 0) is 4.79 Å². The van der Waals surface area contributed by atoms with Gasteiger partial charge in [0, 0.05) is 11.8 Å². The van der Waals surface area contributed by atoms with E-state index in [9.17, 15) is 9.90 Å². The fourth-order valence-corrected chi connectivity index (χ4v) is 1.59. The second-order valence-corrected chi connectivity index (χ2v) is 4.21. The third-order valence-corrected chi connectivity index (χ3v) is 2.61. The highest BCUT2D eigenvalue weighted by Gasteiger charge is 2.01. The molecule has 1 aromatic heterocycles. The lowest BCUT2D eigenvalue weighted by atomic mass is 10.1. The average Bonchev–Trinajstić information content (AvgIpc) is 2.52. The van der Waals surface area contributed by atoms with Crippen LogP contribution in [0.4, 0.5) is 5.82 Å². The van der Waals surface area contributed by atoms with E-state index < -0.39 is 12.6 Å². The number of carbonyl (C=O) groups is 1. The van der Waals surface area contributed by atoms with Crippen molar-refractivity contribution in [3.63, 3.8) is 0 Å². The molecule has 2 rings (SSSR count). The van der Waals surface area contributed by atoms with Gasteiger partial charge in [0.25, 0.3) is 0 Å². The summed E-state index contributed by atoms with van der Waals surface area (Å²) in [5.41, 5.74) is 4.38. The van der Waals surface area contributed by atoms with Crippen molar-refractivity contribution in [2.24, 2.45) is 5.10 Å². The number of nitrogens with zero attached hydrogens (tertiary/aromatic N) is 2. The number of anilines is 1. The van der Waals surface area contributed by atoms with E-state index in [1.54, 1.807) is 30.5 Å². The number of carboxylic acids is 1. The Kier molecular flexibility index (Phi) is 4.87. The highest BCUT2D eigenvalue weighted by molar-refractivity contribution is 5.99. The van der Waals surface area contributed by atoms with Crippen molar-refractivity contribution < 1.29 is 14.6 Å². The van der Waals surface area contributed by atoms with Gasteiger partial charge in [-0.25, -0.2) is 4.98 Å². The summed E-state index contributed by atoms with van der Waals surface area (Å²) >= 11 is 0. The zero-order chi connectivity index (χ0) is 15.1. The summed E-state index contributed by atoms with van der Waals surface area (Å²) in [4.78, 5) is 14.5. The summed E-state index contributed by atoms with van der Waals surface area (Å²) in [6.45, 7) is 1.35. The normalized spacial score (nSPS) is 11.0. The molecule has 0 radical (unpaired) electrons. The third-order valence-electron chi connectivity index (χ3n) is 2.61. The highest BCUT2D eigenvalue weighted by Crippen LogP contribution is 2.14. The van der Waals surface area contributed by atoms with Gasteiger partial charge in [0.2, 0.25) is 0 Å². The van der Waals surface area contributed by atoms with Crippen LogP contribution in [0.2, 0.25) is 0 Å². The smallest absolute Gasteiger partial charge is 0.146 e. The van der Waals surface area contributed by atoms with E-state index in [1.165, 1.54) is 0 Å². The van der Waals surface area contributed by atoms with E-state index in [4.69, 9.17) is 4.74 Å². The van der Waals surface area contributed by atoms with E-state index in [1.807, 2.05) is 25.1 Å². The van der Waals surface area contributed by atoms with E-state index in [-0.39, 0.29) is 0 Å². The average molecular weight is 284 g/mol. The Morgan fingerprint density at radius 3 is 2.90 bits per heavy atom. The topological polar surface area (TPSA) is 86.6 Å². The summed E-state index contributed by atoms with van der Waals surface area (Å²) in [7, 11) is 0. The molecule has 0 aliphatic carbocycles. The van der Waals surface area contributed by atoms with Gasteiger partial charge < -0.3 is 14.6 Å². The number of hydrazone groups is 1. The Morgan fingerprint density at radius 2 is 2.19 bits per heavy atom. The zero-order valence-corrected chi connectivity index (χ0v) is 11.4. The molecule has 1 N–H and O–H groups in total. The molecule has 0 unspecified atom stereocenters. The summed E-state index contributed by atoms with van der Waals surface area (Å²) in [6.07, 6.45) is 1.67. The van der Waals surface area contributed by atoms with Crippen molar-refractivity contribution in [1.29, 1.82) is 0 Å². The number of carboxylic acid groups (broad SMARTS) is 1. The monoisotopic (exact) mass is 284 g/mol. The van der Waals surface area contributed by atoms with E-state index in [2.05, 4.69) is 15.5 Å². The Labute approximate surface area is 122 Å². The number of pyridine rings is 1. The van der Waals surface area contributed by atoms with Gasteiger partial charge in [-0.1, -0.05) is 18.2 Å². The summed E-state index contributed by atoms with van der Waals surface area (Å²) in [5.74, 6) is -0.173. The SMILES string of the molecule is C/C(=N/Nc1ccccn1)c1cccc(OCC(=O)[O-])c1. The Morgan fingerprint density at radius 1 is 1.33 bits per heavy atom. The molecule has 0 aliphatic heterocycles. The van der Waals surface area contributed by atoms with Crippen LogP contribution in [0.3, 0.4) is 0 Å². The van der Waals surface area contributed by atoms with Crippen molar-refractivity contribution in [3.05, 3.63) is 54.2 Å². The van der Waals surface area contributed by atoms with Crippen LogP contribution in [0.15, 0.2) is 53.8 Å². The molecule has 0 atom stereocenters. The lowest BCUT2D eigenvalue weighted by molar-refractivity contribution is -0.307. The molecular formula is C15H14N3O3-. The summed E-state index contributed by atoms with van der Waals surface area (Å²) < 4.78 is 5.07. The fraction of sp³-hybridized carbons (Fsp3) is 0.133. The number of aliphatic carboxylic acids is 1. The highest BCUT2D eigenvalue weighted by atomic mass is 16.5. The predicted octanol–water partition coefficient (Wildman–Crippen LogP) is 1.05. The quantitative estimate of drug-likeness (QED) is 0.633. The number of benzene rings is 1. The molecule has 0 bridgehead atoms. The minimum absolute atomic E-state index is 0.448. The largest absolute Gasteiger partial charge is 0.546 e. The lowest BCUT2D eigenvalue weighted by Gasteiger charge is -2.08. The molecule has 0 amide bonds. The number of hydrogen-bond acceptors (Lipinski definition) is 6. The van der Waals surface area contributed by atoms with Crippen LogP contribution in [0.5, 0.6) is 5.75 Å². The van der Waals surface area contributed by atoms with E-state index >= 15 is 0 Å². The first kappa shape index (κ1) is 14.5. The fourth-order valence-electron chi connectivity index (χ4n) is 1.59. The minimum atomic E-state index is -1.26. The lowest BCUT2D eigenvalue weighted by Crippen LogP contribution is -2.28. The zero-order valence-electron chi connectivity index (χ0n) is 11.4. The molecule has 1 aromatic carbocycles. The number of carbonyl (C=O) groups excluding carboxylic acids is 1. The molecule has 2 aromatic rings. The molecule has 6 heteroatoms. The molecule has 6 nitrogen and oxygen atoms in total. The van der Waals surface area contributed by atoms with Crippen LogP contribution in [0.25, 0.3) is 0 Å². The molecule has 0 saturated carbocycles. The molecule has 108 valence electrons. The van der Waals surface area contributed by atoms with Crippen molar-refractivity contribution in [1.82, 2.24) is 4.98 Å². The number of hydrogen-bond donors (Lipinski definition) is 1. The van der Waals surface area contributed by atoms with Crippen molar-refractivity contribution in [2.45, 2.75) is 6.92 Å². The first-order valence-electron chi connectivity index (χ1n) is 6.29. The Hall–Kier alpha value is -2.89.